The summed E-state index contributed by atoms with van der Waals surface area (Å²) in [6.45, 7) is 1.94. The van der Waals surface area contributed by atoms with E-state index in [9.17, 15) is 14.9 Å². The predicted octanol–water partition coefficient (Wildman–Crippen LogP) is 2.58. The molecule has 0 aliphatic rings. The van der Waals surface area contributed by atoms with Crippen molar-refractivity contribution in [2.45, 2.75) is 13.5 Å². The summed E-state index contributed by atoms with van der Waals surface area (Å²) in [6.07, 6.45) is 0. The van der Waals surface area contributed by atoms with Crippen LogP contribution in [0.4, 0.5) is 5.69 Å². The Labute approximate surface area is 122 Å². The molecule has 0 aliphatic heterocycles. The van der Waals surface area contributed by atoms with Gasteiger partial charge < -0.3 is 9.84 Å². The van der Waals surface area contributed by atoms with Gasteiger partial charge >= 0.3 is 0 Å². The summed E-state index contributed by atoms with van der Waals surface area (Å²) in [5.74, 6) is 0.0946. The monoisotopic (exact) mass is 339 g/mol. The number of aromatic nitrogens is 1. The zero-order chi connectivity index (χ0) is 14.7. The average molecular weight is 340 g/mol. The molecule has 0 atom stereocenters. The van der Waals surface area contributed by atoms with Crippen molar-refractivity contribution in [2.24, 2.45) is 0 Å². The molecule has 0 radical (unpaired) electrons. The molecular weight excluding hydrogens is 330 g/mol. The molecule has 104 valence electrons. The van der Waals surface area contributed by atoms with E-state index in [1.165, 1.54) is 18.2 Å². The number of rotatable bonds is 4. The molecule has 2 aromatic rings. The number of amides is 1. The smallest absolute Gasteiger partial charge is 0.284 e. The van der Waals surface area contributed by atoms with Crippen molar-refractivity contribution >= 4 is 27.5 Å². The van der Waals surface area contributed by atoms with Crippen LogP contribution >= 0.6 is 15.9 Å². The van der Waals surface area contributed by atoms with Gasteiger partial charge in [0.2, 0.25) is 0 Å². The van der Waals surface area contributed by atoms with Crippen LogP contribution in [0, 0.1) is 17.0 Å². The zero-order valence-corrected chi connectivity index (χ0v) is 12.0. The minimum atomic E-state index is -0.555. The number of nitro benzene ring substituents is 1. The molecular formula is C12H10BrN3O4. The second kappa shape index (κ2) is 5.83. The fourth-order valence-corrected chi connectivity index (χ4v) is 1.95. The van der Waals surface area contributed by atoms with Crippen LogP contribution < -0.4 is 5.32 Å². The molecule has 7 nitrogen and oxygen atoms in total. The van der Waals surface area contributed by atoms with Crippen LogP contribution in [0.3, 0.4) is 0 Å². The maximum absolute atomic E-state index is 11.9. The fraction of sp³-hybridized carbons (Fsp3) is 0.167. The standard InChI is InChI=1S/C12H10BrN3O4/c1-7-4-9(20-15-7)6-14-12(17)8-2-3-10(13)11(5-8)16(18)19/h2-5H,6H2,1H3,(H,14,17). The number of nitrogens with one attached hydrogen (secondary N) is 1. The lowest BCUT2D eigenvalue weighted by atomic mass is 10.2. The molecule has 0 saturated carbocycles. The molecule has 1 amide bonds. The van der Waals surface area contributed by atoms with Gasteiger partial charge in [-0.25, -0.2) is 0 Å². The number of carbonyl (C=O) groups excluding carboxylic acids is 1. The van der Waals surface area contributed by atoms with E-state index in [0.717, 1.165) is 0 Å². The summed E-state index contributed by atoms with van der Waals surface area (Å²) in [4.78, 5) is 22.1. The van der Waals surface area contributed by atoms with Gasteiger partial charge in [0.15, 0.2) is 5.76 Å². The Bertz CT molecular complexity index is 668. The molecule has 0 aliphatic carbocycles. The topological polar surface area (TPSA) is 98.3 Å². The van der Waals surface area contributed by atoms with Gasteiger partial charge in [-0.1, -0.05) is 5.16 Å². The number of carbonyl (C=O) groups is 1. The normalized spacial score (nSPS) is 10.3. The van der Waals surface area contributed by atoms with E-state index in [1.54, 1.807) is 13.0 Å². The minimum absolute atomic E-state index is 0.159. The first-order valence-corrected chi connectivity index (χ1v) is 6.41. The van der Waals surface area contributed by atoms with Crippen LogP contribution in [0.2, 0.25) is 0 Å². The predicted molar refractivity (Wildman–Crippen MR) is 73.2 cm³/mol. The van der Waals surface area contributed by atoms with E-state index < -0.39 is 10.8 Å². The molecule has 8 heteroatoms. The van der Waals surface area contributed by atoms with E-state index in [0.29, 0.717) is 15.9 Å². The maximum Gasteiger partial charge on any atom is 0.284 e. The fourth-order valence-electron chi connectivity index (χ4n) is 1.56. The Morgan fingerprint density at radius 2 is 2.25 bits per heavy atom. The van der Waals surface area contributed by atoms with E-state index >= 15 is 0 Å². The summed E-state index contributed by atoms with van der Waals surface area (Å²) in [5.41, 5.74) is 0.762. The number of nitro groups is 1. The third kappa shape index (κ3) is 3.21. The second-order valence-corrected chi connectivity index (χ2v) is 4.89. The number of nitrogens with zero attached hydrogens (tertiary/aromatic N) is 2. The Hall–Kier alpha value is -2.22. The first-order valence-electron chi connectivity index (χ1n) is 5.61. The number of halogens is 1. The van der Waals surface area contributed by atoms with Crippen LogP contribution in [0.1, 0.15) is 21.8 Å². The summed E-state index contributed by atoms with van der Waals surface area (Å²) in [7, 11) is 0. The molecule has 0 unspecified atom stereocenters. The molecule has 0 saturated heterocycles. The van der Waals surface area contributed by atoms with Crippen molar-refractivity contribution in [3.8, 4) is 0 Å². The molecule has 0 fully saturated rings. The second-order valence-electron chi connectivity index (χ2n) is 4.04. The summed E-state index contributed by atoms with van der Waals surface area (Å²) in [6, 6.07) is 5.87. The van der Waals surface area contributed by atoms with Gasteiger partial charge in [0, 0.05) is 17.7 Å². The number of benzene rings is 1. The van der Waals surface area contributed by atoms with Crippen molar-refractivity contribution in [1.82, 2.24) is 10.5 Å². The molecule has 20 heavy (non-hydrogen) atoms. The molecule has 1 aromatic heterocycles. The molecule has 1 heterocycles. The highest BCUT2D eigenvalue weighted by atomic mass is 79.9. The molecule has 1 N–H and O–H groups in total. The Balaban J connectivity index is 2.09. The summed E-state index contributed by atoms with van der Waals surface area (Å²) in [5, 5.41) is 17.1. The first kappa shape index (κ1) is 14.2. The quantitative estimate of drug-likeness (QED) is 0.681. The summed E-state index contributed by atoms with van der Waals surface area (Å²) >= 11 is 3.06. The number of hydrogen-bond acceptors (Lipinski definition) is 5. The van der Waals surface area contributed by atoms with Gasteiger partial charge in [0.25, 0.3) is 11.6 Å². The SMILES string of the molecule is Cc1cc(CNC(=O)c2ccc(Br)c([N+](=O)[O-])c2)on1. The maximum atomic E-state index is 11.9. The van der Waals surface area contributed by atoms with Gasteiger partial charge in [-0.15, -0.1) is 0 Å². The zero-order valence-electron chi connectivity index (χ0n) is 10.4. The number of hydrogen-bond donors (Lipinski definition) is 1. The van der Waals surface area contributed by atoms with Gasteiger partial charge in [-0.3, -0.25) is 14.9 Å². The molecule has 0 spiro atoms. The first-order chi connectivity index (χ1) is 9.47. The van der Waals surface area contributed by atoms with Crippen molar-refractivity contribution in [3.05, 3.63) is 55.9 Å². The third-order valence-corrected chi connectivity index (χ3v) is 3.18. The molecule has 1 aromatic carbocycles. The van der Waals surface area contributed by atoms with Gasteiger partial charge in [0.05, 0.1) is 21.6 Å². The Kier molecular flexibility index (Phi) is 4.14. The van der Waals surface area contributed by atoms with Crippen molar-refractivity contribution in [1.29, 1.82) is 0 Å². The molecule has 0 bridgehead atoms. The lowest BCUT2D eigenvalue weighted by molar-refractivity contribution is -0.385. The van der Waals surface area contributed by atoms with E-state index in [-0.39, 0.29) is 17.8 Å². The van der Waals surface area contributed by atoms with E-state index in [1.807, 2.05) is 0 Å². The van der Waals surface area contributed by atoms with Crippen LogP contribution in [0.5, 0.6) is 0 Å². The van der Waals surface area contributed by atoms with Crippen LogP contribution in [-0.4, -0.2) is 16.0 Å². The van der Waals surface area contributed by atoms with E-state index in [2.05, 4.69) is 26.4 Å². The van der Waals surface area contributed by atoms with Crippen molar-refractivity contribution < 1.29 is 14.2 Å². The molecule has 2 rings (SSSR count). The van der Waals surface area contributed by atoms with Gasteiger partial charge in [-0.2, -0.15) is 0 Å². The summed E-state index contributed by atoms with van der Waals surface area (Å²) < 4.78 is 5.28. The number of aryl methyl sites for hydroxylation is 1. The van der Waals surface area contributed by atoms with Gasteiger partial charge in [-0.05, 0) is 35.0 Å². The lowest BCUT2D eigenvalue weighted by Gasteiger charge is -2.03. The third-order valence-electron chi connectivity index (χ3n) is 2.50. The van der Waals surface area contributed by atoms with Gasteiger partial charge in [0.1, 0.15) is 0 Å². The average Bonchev–Trinajstić information content (AvgIpc) is 2.82. The van der Waals surface area contributed by atoms with E-state index in [4.69, 9.17) is 4.52 Å². The van der Waals surface area contributed by atoms with Crippen LogP contribution in [0.15, 0.2) is 33.3 Å². The van der Waals surface area contributed by atoms with Crippen molar-refractivity contribution in [2.75, 3.05) is 0 Å². The largest absolute Gasteiger partial charge is 0.359 e. The highest BCUT2D eigenvalue weighted by Gasteiger charge is 2.16. The highest BCUT2D eigenvalue weighted by Crippen LogP contribution is 2.25. The van der Waals surface area contributed by atoms with Crippen molar-refractivity contribution in [3.63, 3.8) is 0 Å². The lowest BCUT2D eigenvalue weighted by Crippen LogP contribution is -2.22. The Morgan fingerprint density at radius 1 is 1.50 bits per heavy atom. The highest BCUT2D eigenvalue weighted by molar-refractivity contribution is 9.10. The Morgan fingerprint density at radius 3 is 2.85 bits per heavy atom. The van der Waals surface area contributed by atoms with Crippen LogP contribution in [0.25, 0.3) is 0 Å². The minimum Gasteiger partial charge on any atom is -0.359 e. The van der Waals surface area contributed by atoms with Crippen LogP contribution in [-0.2, 0) is 6.54 Å².